The second kappa shape index (κ2) is 9.82. The summed E-state index contributed by atoms with van der Waals surface area (Å²) < 4.78 is 47.2. The molecule has 174 valence electrons. The third kappa shape index (κ3) is 5.47. The summed E-state index contributed by atoms with van der Waals surface area (Å²) in [5.74, 6) is 2.10. The van der Waals surface area contributed by atoms with E-state index in [0.717, 1.165) is 36.0 Å². The number of piperidine rings is 1. The molecule has 0 aliphatic carbocycles. The van der Waals surface area contributed by atoms with Crippen LogP contribution < -0.4 is 10.1 Å². The molecule has 1 aliphatic heterocycles. The Kier molecular flexibility index (Phi) is 6.88. The van der Waals surface area contributed by atoms with Crippen molar-refractivity contribution in [3.63, 3.8) is 0 Å². The molecule has 0 radical (unpaired) electrons. The maximum atomic E-state index is 13.3. The second-order valence-electron chi connectivity index (χ2n) is 8.00. The molecule has 0 atom stereocenters. The van der Waals surface area contributed by atoms with Gasteiger partial charge in [0.25, 0.3) is 0 Å². The SMILES string of the molecule is COc1ccc(Cn2ccnc2C2CCN(C(=S)Nc3ccccc3C(F)(F)F)CC2)cc1. The number of ether oxygens (including phenoxy) is 1. The van der Waals surface area contributed by atoms with E-state index < -0.39 is 11.7 Å². The Morgan fingerprint density at radius 3 is 2.48 bits per heavy atom. The highest BCUT2D eigenvalue weighted by Crippen LogP contribution is 2.35. The molecule has 0 amide bonds. The smallest absolute Gasteiger partial charge is 0.418 e. The summed E-state index contributed by atoms with van der Waals surface area (Å²) in [6, 6.07) is 13.3. The van der Waals surface area contributed by atoms with Gasteiger partial charge in [-0.05, 0) is 54.9 Å². The fraction of sp³-hybridized carbons (Fsp3) is 0.333. The number of nitrogens with one attached hydrogen (secondary N) is 1. The number of halogens is 3. The van der Waals surface area contributed by atoms with E-state index in [1.54, 1.807) is 13.2 Å². The fourth-order valence-corrected chi connectivity index (χ4v) is 4.41. The molecule has 0 saturated carbocycles. The molecule has 2 aromatic carbocycles. The quantitative estimate of drug-likeness (QED) is 0.492. The van der Waals surface area contributed by atoms with Gasteiger partial charge >= 0.3 is 6.18 Å². The van der Waals surface area contributed by atoms with Crippen LogP contribution >= 0.6 is 12.2 Å². The molecule has 9 heteroatoms. The highest BCUT2D eigenvalue weighted by Gasteiger charge is 2.34. The van der Waals surface area contributed by atoms with Gasteiger partial charge in [0.15, 0.2) is 5.11 Å². The van der Waals surface area contributed by atoms with Crippen LogP contribution in [0.25, 0.3) is 0 Å². The lowest BCUT2D eigenvalue weighted by molar-refractivity contribution is -0.136. The van der Waals surface area contributed by atoms with Gasteiger partial charge in [0.05, 0.1) is 18.4 Å². The number of alkyl halides is 3. The Morgan fingerprint density at radius 1 is 1.12 bits per heavy atom. The predicted molar refractivity (Wildman–Crippen MR) is 126 cm³/mol. The first-order valence-corrected chi connectivity index (χ1v) is 11.1. The van der Waals surface area contributed by atoms with Crippen molar-refractivity contribution in [2.75, 3.05) is 25.5 Å². The van der Waals surface area contributed by atoms with Gasteiger partial charge in [-0.3, -0.25) is 0 Å². The number of benzene rings is 2. The number of aromatic nitrogens is 2. The van der Waals surface area contributed by atoms with Crippen molar-refractivity contribution in [2.24, 2.45) is 0 Å². The summed E-state index contributed by atoms with van der Waals surface area (Å²) in [7, 11) is 1.64. The van der Waals surface area contributed by atoms with Gasteiger partial charge in [0, 0.05) is 37.9 Å². The lowest BCUT2D eigenvalue weighted by atomic mass is 9.96. The summed E-state index contributed by atoms with van der Waals surface area (Å²) in [5.41, 5.74) is 0.413. The summed E-state index contributed by atoms with van der Waals surface area (Å²) in [5, 5.41) is 3.11. The lowest BCUT2D eigenvalue weighted by Gasteiger charge is -2.34. The van der Waals surface area contributed by atoms with E-state index in [1.165, 1.54) is 12.1 Å². The van der Waals surface area contributed by atoms with Crippen LogP contribution in [0.15, 0.2) is 60.9 Å². The summed E-state index contributed by atoms with van der Waals surface area (Å²) in [6.45, 7) is 2.02. The zero-order valence-electron chi connectivity index (χ0n) is 18.2. The van der Waals surface area contributed by atoms with Gasteiger partial charge in [-0.25, -0.2) is 4.98 Å². The number of likely N-dealkylation sites (tertiary alicyclic amines) is 1. The normalized spacial score (nSPS) is 14.8. The minimum absolute atomic E-state index is 0.0211. The van der Waals surface area contributed by atoms with Crippen molar-refractivity contribution in [1.82, 2.24) is 14.5 Å². The number of hydrogen-bond acceptors (Lipinski definition) is 3. The first kappa shape index (κ1) is 23.1. The van der Waals surface area contributed by atoms with Crippen molar-refractivity contribution in [3.05, 3.63) is 77.9 Å². The van der Waals surface area contributed by atoms with Gasteiger partial charge in [-0.2, -0.15) is 13.2 Å². The number of rotatable bonds is 5. The van der Waals surface area contributed by atoms with Crippen LogP contribution in [-0.2, 0) is 12.7 Å². The second-order valence-corrected chi connectivity index (χ2v) is 8.38. The zero-order valence-corrected chi connectivity index (χ0v) is 19.0. The van der Waals surface area contributed by atoms with Crippen LogP contribution in [0.4, 0.5) is 18.9 Å². The Hall–Kier alpha value is -3.07. The molecule has 5 nitrogen and oxygen atoms in total. The molecule has 2 heterocycles. The average molecular weight is 475 g/mol. The highest BCUT2D eigenvalue weighted by molar-refractivity contribution is 7.80. The van der Waals surface area contributed by atoms with Gasteiger partial charge in [0.1, 0.15) is 11.6 Å². The van der Waals surface area contributed by atoms with Crippen molar-refractivity contribution >= 4 is 23.0 Å². The molecule has 4 rings (SSSR count). The molecule has 0 spiro atoms. The molecule has 0 unspecified atom stereocenters. The summed E-state index contributed by atoms with van der Waals surface area (Å²) >= 11 is 5.43. The van der Waals surface area contributed by atoms with E-state index in [2.05, 4.69) is 14.9 Å². The van der Waals surface area contributed by atoms with Crippen LogP contribution in [0.3, 0.4) is 0 Å². The first-order chi connectivity index (χ1) is 15.8. The van der Waals surface area contributed by atoms with Crippen LogP contribution in [0.1, 0.15) is 35.7 Å². The number of anilines is 1. The topological polar surface area (TPSA) is 42.3 Å². The first-order valence-electron chi connectivity index (χ1n) is 10.7. The molecular formula is C24H25F3N4OS. The largest absolute Gasteiger partial charge is 0.497 e. The van der Waals surface area contributed by atoms with E-state index in [9.17, 15) is 13.2 Å². The molecular weight excluding hydrogens is 449 g/mol. The Bertz CT molecular complexity index is 1090. The Labute approximate surface area is 196 Å². The van der Waals surface area contributed by atoms with Crippen LogP contribution in [0.2, 0.25) is 0 Å². The predicted octanol–water partition coefficient (Wildman–Crippen LogP) is 5.54. The summed E-state index contributed by atoms with van der Waals surface area (Å²) in [4.78, 5) is 6.52. The molecule has 1 saturated heterocycles. The average Bonchev–Trinajstić information content (AvgIpc) is 3.27. The molecule has 1 aromatic heterocycles. The minimum atomic E-state index is -4.44. The van der Waals surface area contributed by atoms with Crippen molar-refractivity contribution in [3.8, 4) is 5.75 Å². The molecule has 1 fully saturated rings. The third-order valence-electron chi connectivity index (χ3n) is 5.88. The minimum Gasteiger partial charge on any atom is -0.497 e. The molecule has 33 heavy (non-hydrogen) atoms. The number of nitrogens with zero attached hydrogens (tertiary/aromatic N) is 3. The van der Waals surface area contributed by atoms with Gasteiger partial charge in [-0.15, -0.1) is 0 Å². The highest BCUT2D eigenvalue weighted by atomic mass is 32.1. The van der Waals surface area contributed by atoms with Crippen molar-refractivity contribution < 1.29 is 17.9 Å². The standard InChI is InChI=1S/C24H25F3N4OS/c1-32-19-8-6-17(7-9-19)16-31-15-12-28-22(31)18-10-13-30(14-11-18)23(33)29-21-5-3-2-4-20(21)24(25,26)27/h2-9,12,15,18H,10-11,13-14,16H2,1H3,(H,29,33). The van der Waals surface area contributed by atoms with Gasteiger partial charge in [0.2, 0.25) is 0 Å². The number of imidazole rings is 1. The van der Waals surface area contributed by atoms with E-state index >= 15 is 0 Å². The molecule has 3 aromatic rings. The van der Waals surface area contributed by atoms with Crippen molar-refractivity contribution in [1.29, 1.82) is 0 Å². The van der Waals surface area contributed by atoms with Gasteiger partial charge < -0.3 is 19.5 Å². The third-order valence-corrected chi connectivity index (χ3v) is 6.24. The zero-order chi connectivity index (χ0) is 23.4. The van der Waals surface area contributed by atoms with Gasteiger partial charge in [-0.1, -0.05) is 24.3 Å². The van der Waals surface area contributed by atoms with Crippen LogP contribution in [0.5, 0.6) is 5.75 Å². The fourth-order valence-electron chi connectivity index (χ4n) is 4.12. The number of para-hydroxylation sites is 1. The molecule has 1 N–H and O–H groups in total. The monoisotopic (exact) mass is 474 g/mol. The van der Waals surface area contributed by atoms with E-state index in [0.29, 0.717) is 24.7 Å². The number of methoxy groups -OCH3 is 1. The maximum Gasteiger partial charge on any atom is 0.418 e. The van der Waals surface area contributed by atoms with Crippen LogP contribution in [0, 0.1) is 0 Å². The van der Waals surface area contributed by atoms with E-state index in [-0.39, 0.29) is 11.6 Å². The Balaban J connectivity index is 1.37. The maximum absolute atomic E-state index is 13.3. The van der Waals surface area contributed by atoms with Crippen LogP contribution in [-0.4, -0.2) is 39.8 Å². The molecule has 0 bridgehead atoms. The van der Waals surface area contributed by atoms with Crippen molar-refractivity contribution in [2.45, 2.75) is 31.5 Å². The molecule has 1 aliphatic rings. The lowest BCUT2D eigenvalue weighted by Crippen LogP contribution is -2.41. The number of thiocarbonyl (C=S) groups is 1. The number of hydrogen-bond donors (Lipinski definition) is 1. The van der Waals surface area contributed by atoms with E-state index in [4.69, 9.17) is 17.0 Å². The Morgan fingerprint density at radius 2 is 1.82 bits per heavy atom. The van der Waals surface area contributed by atoms with E-state index in [1.807, 2.05) is 41.6 Å². The summed E-state index contributed by atoms with van der Waals surface area (Å²) in [6.07, 6.45) is 0.996.